The number of imidazole rings is 1. The highest BCUT2D eigenvalue weighted by atomic mass is 127. The molecule has 0 saturated carbocycles. The van der Waals surface area contributed by atoms with Gasteiger partial charge in [0, 0.05) is 12.1 Å². The third kappa shape index (κ3) is 2.20. The van der Waals surface area contributed by atoms with Gasteiger partial charge in [0.1, 0.15) is 5.82 Å². The molecule has 1 aromatic carbocycles. The van der Waals surface area contributed by atoms with Gasteiger partial charge in [0.05, 0.1) is 14.6 Å². The van der Waals surface area contributed by atoms with Crippen LogP contribution in [0.15, 0.2) is 12.1 Å². The van der Waals surface area contributed by atoms with Crippen molar-refractivity contribution in [3.05, 3.63) is 21.5 Å². The molecule has 0 aliphatic rings. The zero-order valence-corrected chi connectivity index (χ0v) is 12.9. The molecule has 2 aromatic rings. The lowest BCUT2D eigenvalue weighted by atomic mass is 10.0. The number of nitrogens with two attached hydrogens (primary N) is 1. The Morgan fingerprint density at radius 2 is 2.11 bits per heavy atom. The number of halogens is 2. The summed E-state index contributed by atoms with van der Waals surface area (Å²) >= 11 is 1.97. The van der Waals surface area contributed by atoms with Crippen LogP contribution < -0.4 is 5.73 Å². The normalized spacial score (nSPS) is 13.4. The Kier molecular flexibility index (Phi) is 3.79. The average Bonchev–Trinajstić information content (AvgIpc) is 2.57. The molecule has 1 heterocycles. The van der Waals surface area contributed by atoms with Gasteiger partial charge in [-0.05, 0) is 41.0 Å². The number of fused-ring (bicyclic) bond motifs is 1. The smallest absolute Gasteiger partial charge is 0.201 e. The van der Waals surface area contributed by atoms with Crippen LogP contribution in [0.5, 0.6) is 0 Å². The van der Waals surface area contributed by atoms with Crippen molar-refractivity contribution in [3.8, 4) is 0 Å². The van der Waals surface area contributed by atoms with E-state index in [0.717, 1.165) is 17.5 Å². The molecule has 0 aliphatic carbocycles. The zero-order chi connectivity index (χ0) is 13.4. The summed E-state index contributed by atoms with van der Waals surface area (Å²) in [6, 6.07) is 3.52. The van der Waals surface area contributed by atoms with Crippen molar-refractivity contribution in [2.24, 2.45) is 5.92 Å². The minimum Gasteiger partial charge on any atom is -0.369 e. The molecule has 2 N–H and O–H groups in total. The molecule has 1 unspecified atom stereocenters. The maximum absolute atomic E-state index is 13.7. The second kappa shape index (κ2) is 5.03. The van der Waals surface area contributed by atoms with E-state index in [4.69, 9.17) is 5.73 Å². The summed E-state index contributed by atoms with van der Waals surface area (Å²) in [5.74, 6) is 0.673. The monoisotopic (exact) mass is 361 g/mol. The van der Waals surface area contributed by atoms with E-state index in [-0.39, 0.29) is 11.9 Å². The molecule has 0 amide bonds. The molecule has 0 radical (unpaired) electrons. The number of rotatable bonds is 3. The van der Waals surface area contributed by atoms with Crippen molar-refractivity contribution in [2.75, 3.05) is 5.73 Å². The van der Waals surface area contributed by atoms with Gasteiger partial charge in [0.2, 0.25) is 5.95 Å². The van der Waals surface area contributed by atoms with E-state index in [1.807, 2.05) is 27.2 Å². The molecular weight excluding hydrogens is 344 g/mol. The Bertz CT molecular complexity index is 577. The minimum atomic E-state index is -0.220. The van der Waals surface area contributed by atoms with Crippen molar-refractivity contribution in [1.82, 2.24) is 9.55 Å². The Balaban J connectivity index is 2.70. The predicted molar refractivity (Wildman–Crippen MR) is 81.0 cm³/mol. The lowest BCUT2D eigenvalue weighted by molar-refractivity contribution is 0.377. The Hall–Kier alpha value is -0.850. The molecule has 98 valence electrons. The second-order valence-electron chi connectivity index (χ2n) is 4.81. The Morgan fingerprint density at radius 3 is 2.67 bits per heavy atom. The molecule has 0 aliphatic heterocycles. The van der Waals surface area contributed by atoms with Crippen LogP contribution in [-0.2, 0) is 0 Å². The van der Waals surface area contributed by atoms with E-state index in [1.54, 1.807) is 6.07 Å². The van der Waals surface area contributed by atoms with Crippen LogP contribution in [0.25, 0.3) is 11.0 Å². The number of hydrogen-bond acceptors (Lipinski definition) is 2. The molecule has 0 fully saturated rings. The van der Waals surface area contributed by atoms with Crippen LogP contribution in [0, 0.1) is 15.3 Å². The van der Waals surface area contributed by atoms with Gasteiger partial charge >= 0.3 is 0 Å². The first-order valence-corrected chi connectivity index (χ1v) is 7.16. The molecule has 0 bridgehead atoms. The van der Waals surface area contributed by atoms with E-state index in [9.17, 15) is 4.39 Å². The minimum absolute atomic E-state index is 0.220. The first-order chi connectivity index (χ1) is 8.45. The summed E-state index contributed by atoms with van der Waals surface area (Å²) < 4.78 is 16.2. The van der Waals surface area contributed by atoms with E-state index in [2.05, 4.69) is 25.8 Å². The van der Waals surface area contributed by atoms with Gasteiger partial charge in [-0.15, -0.1) is 0 Å². The van der Waals surface area contributed by atoms with Gasteiger partial charge in [-0.2, -0.15) is 0 Å². The number of nitrogen functional groups attached to an aromatic ring is 1. The summed E-state index contributed by atoms with van der Waals surface area (Å²) in [7, 11) is 0. The number of hydrogen-bond donors (Lipinski definition) is 1. The number of nitrogens with zero attached hydrogens (tertiary/aromatic N) is 2. The lowest BCUT2D eigenvalue weighted by Gasteiger charge is -2.22. The van der Waals surface area contributed by atoms with Gasteiger partial charge in [-0.1, -0.05) is 20.8 Å². The second-order valence-corrected chi connectivity index (χ2v) is 5.98. The van der Waals surface area contributed by atoms with Crippen LogP contribution in [0.4, 0.5) is 10.3 Å². The van der Waals surface area contributed by atoms with Crippen molar-refractivity contribution >= 4 is 39.6 Å². The van der Waals surface area contributed by atoms with Crippen LogP contribution in [0.3, 0.4) is 0 Å². The molecular formula is C13H17FIN3. The van der Waals surface area contributed by atoms with Gasteiger partial charge in [-0.3, -0.25) is 0 Å². The van der Waals surface area contributed by atoms with E-state index in [1.165, 1.54) is 6.07 Å². The average molecular weight is 361 g/mol. The van der Waals surface area contributed by atoms with Gasteiger partial charge in [0.25, 0.3) is 0 Å². The fourth-order valence-corrected chi connectivity index (χ4v) is 2.86. The highest BCUT2D eigenvalue weighted by molar-refractivity contribution is 14.1. The Morgan fingerprint density at radius 1 is 1.44 bits per heavy atom. The van der Waals surface area contributed by atoms with Crippen LogP contribution in [0.2, 0.25) is 0 Å². The molecule has 18 heavy (non-hydrogen) atoms. The molecule has 1 atom stereocenters. The van der Waals surface area contributed by atoms with Crippen LogP contribution in [0.1, 0.15) is 33.2 Å². The van der Waals surface area contributed by atoms with Gasteiger partial charge in [0.15, 0.2) is 0 Å². The first-order valence-electron chi connectivity index (χ1n) is 6.08. The molecule has 1 aromatic heterocycles. The standard InChI is InChI=1S/C13H17FIN3/c1-4-11(7(2)3)18-12-5-8(14)9(15)6-10(12)17-13(18)16/h5-7,11H,4H2,1-3H3,(H2,16,17). The number of anilines is 1. The zero-order valence-electron chi connectivity index (χ0n) is 10.7. The molecule has 3 nitrogen and oxygen atoms in total. The molecule has 2 rings (SSSR count). The van der Waals surface area contributed by atoms with Crippen molar-refractivity contribution in [1.29, 1.82) is 0 Å². The summed E-state index contributed by atoms with van der Waals surface area (Å²) in [4.78, 5) is 4.34. The SMILES string of the molecule is CCC(C(C)C)n1c(N)nc2cc(I)c(F)cc21. The third-order valence-electron chi connectivity index (χ3n) is 3.28. The number of benzene rings is 1. The van der Waals surface area contributed by atoms with Gasteiger partial charge < -0.3 is 10.3 Å². The molecule has 5 heteroatoms. The summed E-state index contributed by atoms with van der Waals surface area (Å²) in [5.41, 5.74) is 7.54. The lowest BCUT2D eigenvalue weighted by Crippen LogP contribution is -2.16. The summed E-state index contributed by atoms with van der Waals surface area (Å²) in [6.45, 7) is 6.39. The van der Waals surface area contributed by atoms with Crippen molar-refractivity contribution in [3.63, 3.8) is 0 Å². The number of aromatic nitrogens is 2. The van der Waals surface area contributed by atoms with E-state index < -0.39 is 0 Å². The molecule has 0 saturated heterocycles. The fraction of sp³-hybridized carbons (Fsp3) is 0.462. The van der Waals surface area contributed by atoms with Crippen molar-refractivity contribution in [2.45, 2.75) is 33.2 Å². The predicted octanol–water partition coefficient (Wildman–Crippen LogP) is 3.97. The largest absolute Gasteiger partial charge is 0.369 e. The fourth-order valence-electron chi connectivity index (χ4n) is 2.41. The van der Waals surface area contributed by atoms with E-state index >= 15 is 0 Å². The maximum atomic E-state index is 13.7. The van der Waals surface area contributed by atoms with Gasteiger partial charge in [-0.25, -0.2) is 9.37 Å². The van der Waals surface area contributed by atoms with Crippen LogP contribution >= 0.6 is 22.6 Å². The topological polar surface area (TPSA) is 43.8 Å². The molecule has 0 spiro atoms. The third-order valence-corrected chi connectivity index (χ3v) is 4.10. The summed E-state index contributed by atoms with van der Waals surface area (Å²) in [5, 5.41) is 0. The highest BCUT2D eigenvalue weighted by Crippen LogP contribution is 2.31. The maximum Gasteiger partial charge on any atom is 0.201 e. The first kappa shape index (κ1) is 13.6. The van der Waals surface area contributed by atoms with Crippen LogP contribution in [-0.4, -0.2) is 9.55 Å². The Labute approximate surface area is 120 Å². The summed E-state index contributed by atoms with van der Waals surface area (Å²) in [6.07, 6.45) is 0.945. The highest BCUT2D eigenvalue weighted by Gasteiger charge is 2.20. The van der Waals surface area contributed by atoms with E-state index in [0.29, 0.717) is 15.4 Å². The van der Waals surface area contributed by atoms with Crippen molar-refractivity contribution < 1.29 is 4.39 Å². The quantitative estimate of drug-likeness (QED) is 0.841.